The van der Waals surface area contributed by atoms with Crippen LogP contribution in [0.4, 0.5) is 13.2 Å². The van der Waals surface area contributed by atoms with E-state index in [1.54, 1.807) is 0 Å². The minimum absolute atomic E-state index is 0. The van der Waals surface area contributed by atoms with Crippen LogP contribution in [0.15, 0.2) is 35.2 Å². The molecule has 0 aliphatic heterocycles. The molecule has 0 nitrogen and oxygen atoms in total. The third-order valence-electron chi connectivity index (χ3n) is 1.62. The van der Waals surface area contributed by atoms with Crippen LogP contribution in [0, 0.1) is 0 Å². The summed E-state index contributed by atoms with van der Waals surface area (Å²) < 4.78 is 35.3. The maximum absolute atomic E-state index is 11.8. The summed E-state index contributed by atoms with van der Waals surface area (Å²) in [5, 5.41) is 0. The van der Waals surface area contributed by atoms with Crippen molar-refractivity contribution in [2.24, 2.45) is 0 Å². The fourth-order valence-electron chi connectivity index (χ4n) is 0.979. The number of benzene rings is 1. The van der Waals surface area contributed by atoms with Crippen LogP contribution in [0.25, 0.3) is 0 Å². The van der Waals surface area contributed by atoms with Gasteiger partial charge < -0.3 is 0 Å². The smallest absolute Gasteiger partial charge is 0.171 e. The summed E-state index contributed by atoms with van der Waals surface area (Å²) in [6, 6.07) is 9.45. The largest absolute Gasteiger partial charge is 0.389 e. The maximum Gasteiger partial charge on any atom is 0.389 e. The van der Waals surface area contributed by atoms with Crippen molar-refractivity contribution in [3.8, 4) is 0 Å². The van der Waals surface area contributed by atoms with Gasteiger partial charge in [-0.1, -0.05) is 18.2 Å². The lowest BCUT2D eigenvalue weighted by atomic mass is 10.3. The van der Waals surface area contributed by atoms with Crippen molar-refractivity contribution in [1.29, 1.82) is 0 Å². The Morgan fingerprint density at radius 1 is 1.07 bits per heavy atom. The Kier molecular flexibility index (Phi) is 6.85. The molecule has 86 valence electrons. The van der Waals surface area contributed by atoms with Gasteiger partial charge in [0.15, 0.2) is 0 Å². The highest BCUT2D eigenvalue weighted by molar-refractivity contribution is 7.99. The SMILES string of the molecule is Cl.FC(F)(F)CCCSc1ccccc1. The predicted octanol–water partition coefficient (Wildman–Crippen LogP) is 4.54. The zero-order valence-electron chi connectivity index (χ0n) is 7.96. The molecule has 0 fully saturated rings. The van der Waals surface area contributed by atoms with Crippen LogP contribution >= 0.6 is 24.2 Å². The molecule has 0 atom stereocenters. The highest BCUT2D eigenvalue weighted by Gasteiger charge is 2.25. The van der Waals surface area contributed by atoms with Gasteiger partial charge in [0.25, 0.3) is 0 Å². The second-order valence-corrected chi connectivity index (χ2v) is 4.05. The molecular formula is C10H12ClF3S. The summed E-state index contributed by atoms with van der Waals surface area (Å²) in [4.78, 5) is 1.02. The first-order valence-corrected chi connectivity index (χ1v) is 5.31. The molecule has 0 aromatic heterocycles. The van der Waals surface area contributed by atoms with Gasteiger partial charge in [-0.3, -0.25) is 0 Å². The number of alkyl halides is 3. The molecular weight excluding hydrogens is 245 g/mol. The molecule has 0 aliphatic carbocycles. The van der Waals surface area contributed by atoms with Gasteiger partial charge in [-0.05, 0) is 24.3 Å². The van der Waals surface area contributed by atoms with E-state index in [9.17, 15) is 13.2 Å². The minimum Gasteiger partial charge on any atom is -0.171 e. The molecule has 0 heterocycles. The fraction of sp³-hybridized carbons (Fsp3) is 0.400. The maximum atomic E-state index is 11.8. The Labute approximate surface area is 97.7 Å². The highest BCUT2D eigenvalue weighted by atomic mass is 35.5. The Bertz CT molecular complexity index is 261. The van der Waals surface area contributed by atoms with Gasteiger partial charge in [0, 0.05) is 11.3 Å². The third kappa shape index (κ3) is 7.56. The van der Waals surface area contributed by atoms with E-state index in [4.69, 9.17) is 0 Å². The number of hydrogen-bond acceptors (Lipinski definition) is 1. The van der Waals surface area contributed by atoms with E-state index in [1.807, 2.05) is 30.3 Å². The molecule has 0 radical (unpaired) electrons. The van der Waals surface area contributed by atoms with Crippen LogP contribution in [0.3, 0.4) is 0 Å². The standard InChI is InChI=1S/C10H11F3S.ClH/c11-10(12,13)7-4-8-14-9-5-2-1-3-6-9;/h1-3,5-6H,4,7-8H2;1H. The molecule has 0 bridgehead atoms. The summed E-state index contributed by atoms with van der Waals surface area (Å²) in [6.45, 7) is 0. The molecule has 0 aliphatic rings. The number of hydrogen-bond donors (Lipinski definition) is 0. The summed E-state index contributed by atoms with van der Waals surface area (Å²) in [6.07, 6.45) is -4.52. The average Bonchev–Trinajstić information content (AvgIpc) is 2.13. The summed E-state index contributed by atoms with van der Waals surface area (Å²) in [5.41, 5.74) is 0. The topological polar surface area (TPSA) is 0 Å². The molecule has 0 saturated heterocycles. The zero-order valence-corrected chi connectivity index (χ0v) is 9.59. The van der Waals surface area contributed by atoms with Crippen molar-refractivity contribution in [1.82, 2.24) is 0 Å². The third-order valence-corrected chi connectivity index (χ3v) is 2.71. The van der Waals surface area contributed by atoms with Gasteiger partial charge in [-0.15, -0.1) is 24.2 Å². The first kappa shape index (κ1) is 14.6. The van der Waals surface area contributed by atoms with E-state index in [0.29, 0.717) is 5.75 Å². The second-order valence-electron chi connectivity index (χ2n) is 2.88. The van der Waals surface area contributed by atoms with Crippen molar-refractivity contribution in [3.05, 3.63) is 30.3 Å². The fourth-order valence-corrected chi connectivity index (χ4v) is 1.85. The summed E-state index contributed by atoms with van der Waals surface area (Å²) in [5.74, 6) is 0.517. The van der Waals surface area contributed by atoms with Crippen LogP contribution in [0.5, 0.6) is 0 Å². The van der Waals surface area contributed by atoms with Gasteiger partial charge in [-0.25, -0.2) is 0 Å². The van der Waals surface area contributed by atoms with E-state index in [1.165, 1.54) is 11.8 Å². The van der Waals surface area contributed by atoms with Crippen molar-refractivity contribution >= 4 is 24.2 Å². The van der Waals surface area contributed by atoms with Gasteiger partial charge >= 0.3 is 6.18 Å². The van der Waals surface area contributed by atoms with Crippen molar-refractivity contribution < 1.29 is 13.2 Å². The van der Waals surface area contributed by atoms with Gasteiger partial charge in [0.2, 0.25) is 0 Å². The van der Waals surface area contributed by atoms with Gasteiger partial charge in [-0.2, -0.15) is 13.2 Å². The normalized spacial score (nSPS) is 10.9. The average molecular weight is 257 g/mol. The van der Waals surface area contributed by atoms with Crippen LogP contribution in [-0.4, -0.2) is 11.9 Å². The number of rotatable bonds is 4. The molecule has 1 rings (SSSR count). The minimum atomic E-state index is -4.02. The van der Waals surface area contributed by atoms with Crippen LogP contribution < -0.4 is 0 Å². The van der Waals surface area contributed by atoms with Crippen LogP contribution in [-0.2, 0) is 0 Å². The van der Waals surface area contributed by atoms with Gasteiger partial charge in [0.1, 0.15) is 0 Å². The molecule has 1 aromatic rings. The lowest BCUT2D eigenvalue weighted by Gasteiger charge is -2.05. The van der Waals surface area contributed by atoms with Crippen molar-refractivity contribution in [2.45, 2.75) is 23.9 Å². The second kappa shape index (κ2) is 7.01. The summed E-state index contributed by atoms with van der Waals surface area (Å²) in [7, 11) is 0. The Balaban J connectivity index is 0.00000196. The molecule has 0 unspecified atom stereocenters. The highest BCUT2D eigenvalue weighted by Crippen LogP contribution is 2.24. The molecule has 5 heteroatoms. The Hall–Kier alpha value is -0.350. The van der Waals surface area contributed by atoms with Gasteiger partial charge in [0.05, 0.1) is 0 Å². The lowest BCUT2D eigenvalue weighted by molar-refractivity contribution is -0.134. The lowest BCUT2D eigenvalue weighted by Crippen LogP contribution is -2.06. The molecule has 15 heavy (non-hydrogen) atoms. The van der Waals surface area contributed by atoms with E-state index in [-0.39, 0.29) is 18.8 Å². The number of halogens is 4. The van der Waals surface area contributed by atoms with E-state index in [2.05, 4.69) is 0 Å². The Morgan fingerprint density at radius 2 is 1.67 bits per heavy atom. The first-order valence-electron chi connectivity index (χ1n) is 4.32. The van der Waals surface area contributed by atoms with Crippen LogP contribution in [0.1, 0.15) is 12.8 Å². The van der Waals surface area contributed by atoms with E-state index >= 15 is 0 Å². The molecule has 0 spiro atoms. The number of thioether (sulfide) groups is 1. The van der Waals surface area contributed by atoms with E-state index < -0.39 is 12.6 Å². The molecule has 0 amide bonds. The first-order chi connectivity index (χ1) is 6.58. The predicted molar refractivity (Wildman–Crippen MR) is 59.7 cm³/mol. The molecule has 1 aromatic carbocycles. The molecule has 0 N–H and O–H groups in total. The summed E-state index contributed by atoms with van der Waals surface area (Å²) >= 11 is 1.46. The zero-order chi connectivity index (χ0) is 10.4. The Morgan fingerprint density at radius 3 is 2.20 bits per heavy atom. The van der Waals surface area contributed by atoms with Crippen molar-refractivity contribution in [2.75, 3.05) is 5.75 Å². The van der Waals surface area contributed by atoms with E-state index in [0.717, 1.165) is 4.90 Å². The monoisotopic (exact) mass is 256 g/mol. The van der Waals surface area contributed by atoms with Crippen LogP contribution in [0.2, 0.25) is 0 Å². The molecule has 0 saturated carbocycles. The quantitative estimate of drug-likeness (QED) is 0.563. The van der Waals surface area contributed by atoms with Crippen molar-refractivity contribution in [3.63, 3.8) is 0 Å².